The van der Waals surface area contributed by atoms with Crippen LogP contribution in [0.5, 0.6) is 0 Å². The zero-order chi connectivity index (χ0) is 19.4. The monoisotopic (exact) mass is 494 g/mol. The quantitative estimate of drug-likeness (QED) is 0.287. The number of hydrogen-bond acceptors (Lipinski definition) is 2. The first-order valence-corrected chi connectivity index (χ1v) is 10.5. The van der Waals surface area contributed by atoms with E-state index in [4.69, 9.17) is 9.97 Å². The van der Waals surface area contributed by atoms with Crippen LogP contribution in [0.1, 0.15) is 0 Å². The average molecular weight is 496 g/mol. The Labute approximate surface area is 179 Å². The number of hydrogen-bond donors (Lipinski definition) is 0. The molecule has 2 heterocycles. The Morgan fingerprint density at radius 2 is 1.07 bits per heavy atom. The van der Waals surface area contributed by atoms with Crippen molar-refractivity contribution in [3.63, 3.8) is 0 Å². The summed E-state index contributed by atoms with van der Waals surface area (Å²) in [5, 5.41) is 0. The Morgan fingerprint density at radius 3 is 1.50 bits per heavy atom. The molecule has 0 radical (unpaired) electrons. The van der Waals surface area contributed by atoms with Gasteiger partial charge < -0.3 is 9.13 Å². The molecule has 0 atom stereocenters. The van der Waals surface area contributed by atoms with Crippen LogP contribution < -0.4 is 0 Å². The van der Waals surface area contributed by atoms with Crippen molar-refractivity contribution in [2.24, 2.45) is 14.1 Å². The molecule has 2 aromatic heterocycles. The van der Waals surface area contributed by atoms with E-state index in [-0.39, 0.29) is 0 Å². The van der Waals surface area contributed by atoms with Gasteiger partial charge in [0.05, 0.1) is 22.1 Å². The lowest BCUT2D eigenvalue weighted by atomic mass is 10.1. The number of halogens is 2. The summed E-state index contributed by atoms with van der Waals surface area (Å²) in [5.74, 6) is 1.86. The fourth-order valence-electron chi connectivity index (χ4n) is 3.70. The average Bonchev–Trinajstić information content (AvgIpc) is 3.18. The summed E-state index contributed by atoms with van der Waals surface area (Å²) < 4.78 is 6.33. The van der Waals surface area contributed by atoms with E-state index in [9.17, 15) is 0 Å². The molecule has 5 rings (SSSR count). The Hall–Kier alpha value is -2.44. The second-order valence-electron chi connectivity index (χ2n) is 6.80. The predicted molar refractivity (Wildman–Crippen MR) is 121 cm³/mol. The molecule has 138 valence electrons. The largest absolute Gasteiger partial charge is 0.327 e. The van der Waals surface area contributed by atoms with E-state index in [2.05, 4.69) is 79.4 Å². The van der Waals surface area contributed by atoms with Gasteiger partial charge in [0.1, 0.15) is 11.6 Å². The first kappa shape index (κ1) is 17.6. The molecular formula is C22H16Br2N4. The SMILES string of the molecule is Cn1c(-c2ccccc2-c2nc3cc(Br)ccc3n2C)nc2cc(Br)ccc21. The highest BCUT2D eigenvalue weighted by molar-refractivity contribution is 9.10. The van der Waals surface area contributed by atoms with Crippen molar-refractivity contribution in [3.8, 4) is 22.8 Å². The maximum atomic E-state index is 4.92. The standard InChI is InChI=1S/C22H16Br2N4/c1-27-19-9-7-13(23)11-17(19)25-21(27)15-5-3-4-6-16(15)22-26-18-12-14(24)8-10-20(18)28(22)2/h3-12H,1-2H3. The Bertz CT molecular complexity index is 1260. The number of aromatic nitrogens is 4. The molecule has 28 heavy (non-hydrogen) atoms. The lowest BCUT2D eigenvalue weighted by Crippen LogP contribution is -1.98. The van der Waals surface area contributed by atoms with E-state index >= 15 is 0 Å². The van der Waals surface area contributed by atoms with Gasteiger partial charge in [-0.3, -0.25) is 0 Å². The van der Waals surface area contributed by atoms with Gasteiger partial charge in [-0.25, -0.2) is 9.97 Å². The summed E-state index contributed by atoms with van der Waals surface area (Å²) in [6.07, 6.45) is 0. The zero-order valence-electron chi connectivity index (χ0n) is 15.3. The first-order chi connectivity index (χ1) is 13.5. The number of imidazole rings is 2. The molecule has 0 aliphatic heterocycles. The van der Waals surface area contributed by atoms with Crippen LogP contribution in [0.4, 0.5) is 0 Å². The molecular weight excluding hydrogens is 480 g/mol. The van der Waals surface area contributed by atoms with Gasteiger partial charge in [0.2, 0.25) is 0 Å². The highest BCUT2D eigenvalue weighted by atomic mass is 79.9. The van der Waals surface area contributed by atoms with Crippen molar-refractivity contribution in [2.75, 3.05) is 0 Å². The van der Waals surface area contributed by atoms with Gasteiger partial charge in [-0.05, 0) is 36.4 Å². The Morgan fingerprint density at radius 1 is 0.643 bits per heavy atom. The summed E-state index contributed by atoms with van der Waals surface area (Å²) in [5.41, 5.74) is 6.26. The Kier molecular flexibility index (Phi) is 4.14. The molecule has 0 saturated carbocycles. The zero-order valence-corrected chi connectivity index (χ0v) is 18.5. The second kappa shape index (κ2) is 6.57. The summed E-state index contributed by atoms with van der Waals surface area (Å²) in [6, 6.07) is 20.7. The van der Waals surface area contributed by atoms with Crippen LogP contribution in [0, 0.1) is 0 Å². The van der Waals surface area contributed by atoms with Gasteiger partial charge in [0, 0.05) is 34.2 Å². The van der Waals surface area contributed by atoms with Gasteiger partial charge in [-0.15, -0.1) is 0 Å². The molecule has 5 aromatic rings. The molecule has 6 heteroatoms. The fraction of sp³-hybridized carbons (Fsp3) is 0.0909. The number of benzene rings is 3. The lowest BCUT2D eigenvalue weighted by molar-refractivity contribution is 0.948. The number of rotatable bonds is 2. The molecule has 0 unspecified atom stereocenters. The molecule has 0 fully saturated rings. The van der Waals surface area contributed by atoms with Crippen molar-refractivity contribution in [1.82, 2.24) is 19.1 Å². The van der Waals surface area contributed by atoms with Crippen LogP contribution in [-0.4, -0.2) is 19.1 Å². The van der Waals surface area contributed by atoms with Crippen molar-refractivity contribution < 1.29 is 0 Å². The van der Waals surface area contributed by atoms with Crippen LogP contribution in [0.3, 0.4) is 0 Å². The van der Waals surface area contributed by atoms with E-state index in [1.807, 2.05) is 36.4 Å². The topological polar surface area (TPSA) is 35.6 Å². The molecule has 0 N–H and O–H groups in total. The maximum Gasteiger partial charge on any atom is 0.141 e. The van der Waals surface area contributed by atoms with E-state index in [1.165, 1.54) is 0 Å². The minimum Gasteiger partial charge on any atom is -0.327 e. The van der Waals surface area contributed by atoms with Crippen molar-refractivity contribution in [1.29, 1.82) is 0 Å². The molecule has 0 amide bonds. The van der Waals surface area contributed by atoms with Gasteiger partial charge in [-0.1, -0.05) is 56.1 Å². The van der Waals surface area contributed by atoms with Crippen molar-refractivity contribution >= 4 is 53.9 Å². The van der Waals surface area contributed by atoms with Gasteiger partial charge in [0.15, 0.2) is 0 Å². The number of fused-ring (bicyclic) bond motifs is 2. The highest BCUT2D eigenvalue weighted by Crippen LogP contribution is 2.34. The highest BCUT2D eigenvalue weighted by Gasteiger charge is 2.18. The van der Waals surface area contributed by atoms with Crippen LogP contribution in [0.25, 0.3) is 44.8 Å². The summed E-state index contributed by atoms with van der Waals surface area (Å²) in [4.78, 5) is 9.83. The molecule has 0 aliphatic carbocycles. The van der Waals surface area contributed by atoms with Crippen molar-refractivity contribution in [2.45, 2.75) is 0 Å². The van der Waals surface area contributed by atoms with Gasteiger partial charge >= 0.3 is 0 Å². The maximum absolute atomic E-state index is 4.92. The van der Waals surface area contributed by atoms with Gasteiger partial charge in [-0.2, -0.15) is 0 Å². The summed E-state index contributed by atoms with van der Waals surface area (Å²) in [6.45, 7) is 0. The van der Waals surface area contributed by atoms with E-state index in [0.717, 1.165) is 53.8 Å². The third-order valence-electron chi connectivity index (χ3n) is 5.09. The number of nitrogens with zero attached hydrogens (tertiary/aromatic N) is 4. The second-order valence-corrected chi connectivity index (χ2v) is 8.63. The van der Waals surface area contributed by atoms with E-state index < -0.39 is 0 Å². The molecule has 0 saturated heterocycles. The summed E-state index contributed by atoms with van der Waals surface area (Å²) in [7, 11) is 4.11. The van der Waals surface area contributed by atoms with E-state index in [1.54, 1.807) is 0 Å². The van der Waals surface area contributed by atoms with Crippen LogP contribution in [0.15, 0.2) is 69.6 Å². The fourth-order valence-corrected chi connectivity index (χ4v) is 4.40. The van der Waals surface area contributed by atoms with Crippen molar-refractivity contribution in [3.05, 3.63) is 69.6 Å². The molecule has 0 bridgehead atoms. The third kappa shape index (κ3) is 2.71. The Balaban J connectivity index is 1.77. The molecule has 4 nitrogen and oxygen atoms in total. The predicted octanol–water partition coefficient (Wildman–Crippen LogP) is 6.32. The third-order valence-corrected chi connectivity index (χ3v) is 6.08. The minimum atomic E-state index is 0.928. The number of aryl methyl sites for hydroxylation is 2. The molecule has 0 spiro atoms. The summed E-state index contributed by atoms with van der Waals surface area (Å²) >= 11 is 7.08. The van der Waals surface area contributed by atoms with E-state index in [0.29, 0.717) is 0 Å². The first-order valence-electron chi connectivity index (χ1n) is 8.86. The molecule has 0 aliphatic rings. The molecule has 3 aromatic carbocycles. The lowest BCUT2D eigenvalue weighted by Gasteiger charge is -2.10. The minimum absolute atomic E-state index is 0.928. The normalized spacial score (nSPS) is 11.6. The van der Waals surface area contributed by atoms with Gasteiger partial charge in [0.25, 0.3) is 0 Å². The van der Waals surface area contributed by atoms with Crippen LogP contribution in [0.2, 0.25) is 0 Å². The smallest absolute Gasteiger partial charge is 0.141 e. The van der Waals surface area contributed by atoms with Crippen LogP contribution >= 0.6 is 31.9 Å². The van der Waals surface area contributed by atoms with Crippen LogP contribution in [-0.2, 0) is 14.1 Å².